The number of carboxylic acids is 1. The highest BCUT2D eigenvalue weighted by atomic mass is 35.5. The van der Waals surface area contributed by atoms with Crippen molar-refractivity contribution in [2.24, 2.45) is 5.73 Å². The second kappa shape index (κ2) is 3.73. The molecule has 0 aliphatic heterocycles. The second-order valence-corrected chi connectivity index (χ2v) is 3.79. The molecule has 1 aromatic rings. The number of hydrogen-bond donors (Lipinski definition) is 2. The molecule has 0 aliphatic carbocycles. The maximum absolute atomic E-state index is 10.8. The number of pyridine rings is 1. The number of aliphatic carboxylic acids is 1. The lowest BCUT2D eigenvalue weighted by atomic mass is 9.95. The van der Waals surface area contributed by atoms with Crippen LogP contribution in [-0.2, 0) is 10.3 Å². The quantitative estimate of drug-likeness (QED) is 0.764. The Hall–Kier alpha value is -0.840. The largest absolute Gasteiger partial charge is 0.480 e. The van der Waals surface area contributed by atoms with Crippen LogP contribution in [0.5, 0.6) is 0 Å². The van der Waals surface area contributed by atoms with Crippen LogP contribution in [0.4, 0.5) is 0 Å². The predicted octanol–water partition coefficient (Wildman–Crippen LogP) is 1.65. The first kappa shape index (κ1) is 11.2. The number of hydrogen-bond acceptors (Lipinski definition) is 3. The monoisotopic (exact) mass is 234 g/mol. The molecule has 1 aromatic heterocycles. The summed E-state index contributed by atoms with van der Waals surface area (Å²) < 4.78 is 0. The van der Waals surface area contributed by atoms with Crippen LogP contribution in [-0.4, -0.2) is 16.1 Å². The fourth-order valence-electron chi connectivity index (χ4n) is 0.902. The first-order valence-electron chi connectivity index (χ1n) is 3.69. The number of nitrogens with zero attached hydrogens (tertiary/aromatic N) is 1. The van der Waals surface area contributed by atoms with E-state index < -0.39 is 11.5 Å². The normalized spacial score (nSPS) is 14.9. The zero-order valence-electron chi connectivity index (χ0n) is 7.29. The molecule has 0 aromatic carbocycles. The zero-order chi connectivity index (χ0) is 10.9. The predicted molar refractivity (Wildman–Crippen MR) is 53.4 cm³/mol. The number of carbonyl (C=O) groups is 1. The summed E-state index contributed by atoms with van der Waals surface area (Å²) in [7, 11) is 0. The molecule has 4 nitrogen and oxygen atoms in total. The van der Waals surface area contributed by atoms with Crippen molar-refractivity contribution in [3.05, 3.63) is 28.0 Å². The molecule has 0 saturated heterocycles. The molecule has 6 heteroatoms. The van der Waals surface area contributed by atoms with Crippen LogP contribution in [0.25, 0.3) is 0 Å². The molecular weight excluding hydrogens is 227 g/mol. The van der Waals surface area contributed by atoms with Gasteiger partial charge in [0.15, 0.2) is 0 Å². The van der Waals surface area contributed by atoms with Gasteiger partial charge in [0.05, 0.1) is 5.02 Å². The minimum atomic E-state index is -1.59. The Balaban J connectivity index is 3.31. The summed E-state index contributed by atoms with van der Waals surface area (Å²) in [6.07, 6.45) is 1.32. The van der Waals surface area contributed by atoms with Crippen molar-refractivity contribution in [3.8, 4) is 0 Å². The Kier molecular flexibility index (Phi) is 2.99. The number of nitrogens with two attached hydrogens (primary N) is 1. The molecule has 1 heterocycles. The zero-order valence-corrected chi connectivity index (χ0v) is 8.80. The third kappa shape index (κ3) is 1.97. The summed E-state index contributed by atoms with van der Waals surface area (Å²) in [5.74, 6) is -1.19. The van der Waals surface area contributed by atoms with Crippen LogP contribution in [0, 0.1) is 0 Å². The van der Waals surface area contributed by atoms with Crippen LogP contribution in [0.1, 0.15) is 12.5 Å². The molecule has 1 rings (SSSR count). The summed E-state index contributed by atoms with van der Waals surface area (Å²) in [5, 5.41) is 9.19. The highest BCUT2D eigenvalue weighted by Crippen LogP contribution is 2.26. The molecule has 76 valence electrons. The summed E-state index contributed by atoms with van der Waals surface area (Å²) in [6.45, 7) is 1.33. The highest BCUT2D eigenvalue weighted by molar-refractivity contribution is 6.32. The first-order chi connectivity index (χ1) is 6.35. The average Bonchev–Trinajstić information content (AvgIpc) is 2.08. The van der Waals surface area contributed by atoms with Gasteiger partial charge in [0.25, 0.3) is 0 Å². The van der Waals surface area contributed by atoms with Crippen LogP contribution >= 0.6 is 23.2 Å². The molecule has 0 unspecified atom stereocenters. The van der Waals surface area contributed by atoms with Gasteiger partial charge in [0.1, 0.15) is 10.7 Å². The van der Waals surface area contributed by atoms with Crippen molar-refractivity contribution < 1.29 is 9.90 Å². The number of carboxylic acid groups (broad SMARTS) is 1. The Morgan fingerprint density at radius 3 is 2.71 bits per heavy atom. The van der Waals surface area contributed by atoms with Crippen LogP contribution in [0.15, 0.2) is 12.3 Å². The first-order valence-corrected chi connectivity index (χ1v) is 4.45. The van der Waals surface area contributed by atoms with Crippen molar-refractivity contribution in [2.45, 2.75) is 12.5 Å². The van der Waals surface area contributed by atoms with Crippen molar-refractivity contribution in [1.29, 1.82) is 0 Å². The van der Waals surface area contributed by atoms with Gasteiger partial charge in [-0.1, -0.05) is 23.2 Å². The lowest BCUT2D eigenvalue weighted by Crippen LogP contribution is -2.42. The van der Waals surface area contributed by atoms with Crippen molar-refractivity contribution in [1.82, 2.24) is 4.98 Å². The van der Waals surface area contributed by atoms with E-state index in [1.54, 1.807) is 0 Å². The van der Waals surface area contributed by atoms with Gasteiger partial charge in [-0.25, -0.2) is 9.78 Å². The van der Waals surface area contributed by atoms with Crippen LogP contribution in [0.2, 0.25) is 10.2 Å². The van der Waals surface area contributed by atoms with E-state index in [1.165, 1.54) is 19.2 Å². The van der Waals surface area contributed by atoms with Gasteiger partial charge in [0, 0.05) is 11.8 Å². The maximum Gasteiger partial charge on any atom is 0.328 e. The topological polar surface area (TPSA) is 76.2 Å². The SMILES string of the molecule is C[C@@](N)(C(=O)O)c1cc(Cl)cnc1Cl. The molecule has 14 heavy (non-hydrogen) atoms. The van der Waals surface area contributed by atoms with Gasteiger partial charge in [-0.2, -0.15) is 0 Å². The third-order valence-electron chi connectivity index (χ3n) is 1.81. The van der Waals surface area contributed by atoms with E-state index >= 15 is 0 Å². The molecular formula is C8H8Cl2N2O2. The van der Waals surface area contributed by atoms with Crippen LogP contribution < -0.4 is 5.73 Å². The smallest absolute Gasteiger partial charge is 0.328 e. The maximum atomic E-state index is 10.8. The van der Waals surface area contributed by atoms with Gasteiger partial charge in [-0.3, -0.25) is 0 Å². The lowest BCUT2D eigenvalue weighted by molar-refractivity contribution is -0.143. The molecule has 0 fully saturated rings. The Labute approximate surface area is 90.6 Å². The van der Waals surface area contributed by atoms with Crippen molar-refractivity contribution in [2.75, 3.05) is 0 Å². The van der Waals surface area contributed by atoms with E-state index in [9.17, 15) is 4.79 Å². The number of halogens is 2. The minimum Gasteiger partial charge on any atom is -0.480 e. The van der Waals surface area contributed by atoms with Crippen molar-refractivity contribution in [3.63, 3.8) is 0 Å². The number of rotatable bonds is 2. The Morgan fingerprint density at radius 1 is 1.64 bits per heavy atom. The van der Waals surface area contributed by atoms with E-state index in [0.717, 1.165) is 0 Å². The Bertz CT molecular complexity index is 380. The second-order valence-electron chi connectivity index (χ2n) is 3.00. The van der Waals surface area contributed by atoms with E-state index in [2.05, 4.69) is 4.98 Å². The van der Waals surface area contributed by atoms with Gasteiger partial charge in [0.2, 0.25) is 0 Å². The van der Waals surface area contributed by atoms with Gasteiger partial charge in [-0.05, 0) is 13.0 Å². The van der Waals surface area contributed by atoms with E-state index in [1.807, 2.05) is 0 Å². The highest BCUT2D eigenvalue weighted by Gasteiger charge is 2.33. The minimum absolute atomic E-state index is 0.0433. The van der Waals surface area contributed by atoms with Gasteiger partial charge >= 0.3 is 5.97 Å². The summed E-state index contributed by atoms with van der Waals surface area (Å²) in [5.41, 5.74) is 4.17. The number of aromatic nitrogens is 1. The van der Waals surface area contributed by atoms with Gasteiger partial charge < -0.3 is 10.8 Å². The lowest BCUT2D eigenvalue weighted by Gasteiger charge is -2.20. The summed E-state index contributed by atoms with van der Waals surface area (Å²) in [4.78, 5) is 14.5. The fourth-order valence-corrected chi connectivity index (χ4v) is 1.36. The molecule has 0 radical (unpaired) electrons. The van der Waals surface area contributed by atoms with Crippen molar-refractivity contribution >= 4 is 29.2 Å². The van der Waals surface area contributed by atoms with Gasteiger partial charge in [-0.15, -0.1) is 0 Å². The molecule has 3 N–H and O–H groups in total. The molecule has 0 amide bonds. The third-order valence-corrected chi connectivity index (χ3v) is 2.32. The molecule has 1 atom stereocenters. The average molecular weight is 235 g/mol. The Morgan fingerprint density at radius 2 is 2.21 bits per heavy atom. The summed E-state index contributed by atoms with van der Waals surface area (Å²) in [6, 6.07) is 1.39. The molecule has 0 spiro atoms. The van der Waals surface area contributed by atoms with E-state index in [4.69, 9.17) is 34.0 Å². The summed E-state index contributed by atoms with van der Waals surface area (Å²) >= 11 is 11.4. The van der Waals surface area contributed by atoms with E-state index in [-0.39, 0.29) is 10.7 Å². The fraction of sp³-hybridized carbons (Fsp3) is 0.250. The molecule has 0 saturated carbocycles. The van der Waals surface area contributed by atoms with Crippen LogP contribution in [0.3, 0.4) is 0 Å². The molecule has 0 aliphatic rings. The molecule has 0 bridgehead atoms. The standard InChI is InChI=1S/C8H8Cl2N2O2/c1-8(11,7(13)14)5-2-4(9)3-12-6(5)10/h2-3H,11H2,1H3,(H,13,14)/t8-/m0/s1. The van der Waals surface area contributed by atoms with E-state index in [0.29, 0.717) is 5.02 Å².